The van der Waals surface area contributed by atoms with Gasteiger partial charge in [0.25, 0.3) is 0 Å². The molecular weight excluding hydrogens is 753 g/mol. The van der Waals surface area contributed by atoms with Crippen molar-refractivity contribution in [2.24, 2.45) is 0 Å². The molecule has 12 rings (SSSR count). The molecule has 3 aromatic rings. The van der Waals surface area contributed by atoms with Gasteiger partial charge in [-0.05, 0) is 74.1 Å². The van der Waals surface area contributed by atoms with Gasteiger partial charge in [0.1, 0.15) is 17.9 Å². The fourth-order valence-electron chi connectivity index (χ4n) is 12.0. The Kier molecular flexibility index (Phi) is 7.06. The van der Waals surface area contributed by atoms with Gasteiger partial charge in [0.15, 0.2) is 40.0 Å². The van der Waals surface area contributed by atoms with Gasteiger partial charge in [-0.15, -0.1) is 11.8 Å². The number of rotatable bonds is 3. The van der Waals surface area contributed by atoms with Crippen molar-refractivity contribution < 1.29 is 48.2 Å². The predicted molar refractivity (Wildman–Crippen MR) is 203 cm³/mol. The number of methoxy groups -OCH3 is 2. The number of ether oxygens (including phenoxy) is 6. The van der Waals surface area contributed by atoms with Gasteiger partial charge in [-0.3, -0.25) is 19.9 Å². The smallest absolute Gasteiger partial charge is 0.332 e. The lowest BCUT2D eigenvalue weighted by Gasteiger charge is -2.67. The van der Waals surface area contributed by atoms with E-state index in [2.05, 4.69) is 34.2 Å². The number of fused-ring (bicyclic) bond motifs is 7. The Morgan fingerprint density at radius 2 is 1.84 bits per heavy atom. The second-order valence-corrected chi connectivity index (χ2v) is 18.0. The number of hydrogen-bond acceptors (Lipinski definition) is 15. The second-order valence-electron chi connectivity index (χ2n) is 16.8. The van der Waals surface area contributed by atoms with Crippen LogP contribution in [0.1, 0.15) is 82.5 Å². The summed E-state index contributed by atoms with van der Waals surface area (Å²) in [6.45, 7) is 7.74. The number of nitrogens with zero attached hydrogens (tertiary/aromatic N) is 3. The van der Waals surface area contributed by atoms with Crippen molar-refractivity contribution in [1.82, 2.24) is 15.1 Å². The molecule has 2 bridgehead atoms. The maximum Gasteiger partial charge on any atom is 0.332 e. The van der Waals surface area contributed by atoms with Gasteiger partial charge >= 0.3 is 11.9 Å². The average molecular weight is 795 g/mol. The molecule has 14 nitrogen and oxygen atoms in total. The third kappa shape index (κ3) is 4.07. The van der Waals surface area contributed by atoms with Crippen LogP contribution < -0.4 is 29.0 Å². The Morgan fingerprint density at radius 1 is 1.05 bits per heavy atom. The van der Waals surface area contributed by atoms with Crippen molar-refractivity contribution in [2.75, 3.05) is 33.3 Å². The molecule has 0 radical (unpaired) electrons. The molecule has 0 amide bonds. The van der Waals surface area contributed by atoms with Crippen LogP contribution in [0.3, 0.4) is 0 Å². The minimum Gasteiger partial charge on any atom is -0.504 e. The number of thioether (sulfide) groups is 1. The third-order valence-electron chi connectivity index (χ3n) is 14.2. The summed E-state index contributed by atoms with van der Waals surface area (Å²) in [6.07, 6.45) is 0.845. The summed E-state index contributed by atoms with van der Waals surface area (Å²) in [5, 5.41) is 37.4. The molecule has 15 heteroatoms. The highest BCUT2D eigenvalue weighted by Crippen LogP contribution is 2.75. The number of esters is 2. The summed E-state index contributed by atoms with van der Waals surface area (Å²) >= 11 is 1.51. The van der Waals surface area contributed by atoms with Gasteiger partial charge in [-0.1, -0.05) is 0 Å². The number of aromatic hydroxyl groups is 2. The van der Waals surface area contributed by atoms with Crippen LogP contribution in [0, 0.1) is 25.2 Å². The summed E-state index contributed by atoms with van der Waals surface area (Å²) in [5.74, 6) is 1.21. The topological polar surface area (TPSA) is 172 Å². The van der Waals surface area contributed by atoms with E-state index in [0.717, 1.165) is 27.8 Å². The van der Waals surface area contributed by atoms with Crippen LogP contribution in [0.25, 0.3) is 0 Å². The molecule has 9 atom stereocenters. The van der Waals surface area contributed by atoms with Crippen LogP contribution in [0.2, 0.25) is 0 Å². The van der Waals surface area contributed by atoms with E-state index in [4.69, 9.17) is 28.4 Å². The number of aryl methyl sites for hydroxylation is 1. The fraction of sp³-hybridized carbons (Fsp3) is 0.500. The Labute approximate surface area is 332 Å². The SMILES string of the molecule is COc1cc2c(cc1O)CCN[C@]21CS[C@@H]2c3c(OC(C)=O)c(C)c4c(c3[C@]3(CC3OC1=O)N1C2C2c3c(cc(C)c(OC)c3O)[C@@]3(C)CC([C@@H]1C#N)N23)OCO4. The molecule has 3 N–H and O–H groups in total. The number of carbonyl (C=O) groups is 2. The number of hydrogen-bond donors (Lipinski definition) is 3. The van der Waals surface area contributed by atoms with Crippen molar-refractivity contribution in [3.63, 3.8) is 0 Å². The molecule has 4 unspecified atom stereocenters. The minimum absolute atomic E-state index is 0.0150. The highest BCUT2D eigenvalue weighted by atomic mass is 32.2. The molecule has 0 aromatic heterocycles. The van der Waals surface area contributed by atoms with Crippen molar-refractivity contribution >= 4 is 23.7 Å². The van der Waals surface area contributed by atoms with Crippen molar-refractivity contribution in [3.05, 3.63) is 62.7 Å². The summed E-state index contributed by atoms with van der Waals surface area (Å²) < 4.78 is 36.8. The minimum atomic E-state index is -1.36. The second kappa shape index (κ2) is 11.4. The highest BCUT2D eigenvalue weighted by Gasteiger charge is 2.79. The van der Waals surface area contributed by atoms with Crippen molar-refractivity contribution in [1.29, 1.82) is 5.26 Å². The number of phenolic OH excluding ortho intramolecular Hbond substituents is 2. The first-order chi connectivity index (χ1) is 27.4. The first-order valence-electron chi connectivity index (χ1n) is 19.4. The molecule has 296 valence electrons. The van der Waals surface area contributed by atoms with Crippen LogP contribution in [-0.4, -0.2) is 89.5 Å². The largest absolute Gasteiger partial charge is 0.504 e. The van der Waals surface area contributed by atoms with E-state index < -0.39 is 58.0 Å². The van der Waals surface area contributed by atoms with E-state index >= 15 is 4.79 Å². The number of nitriles is 1. The summed E-state index contributed by atoms with van der Waals surface area (Å²) in [4.78, 5) is 32.8. The first-order valence-corrected chi connectivity index (χ1v) is 20.4. The quantitative estimate of drug-likeness (QED) is 0.252. The maximum absolute atomic E-state index is 15.0. The summed E-state index contributed by atoms with van der Waals surface area (Å²) in [5.41, 5.74) is 3.18. The van der Waals surface area contributed by atoms with Gasteiger partial charge in [0.05, 0.1) is 37.1 Å². The van der Waals surface area contributed by atoms with Crippen molar-refractivity contribution in [2.45, 2.75) is 99.1 Å². The molecule has 4 fully saturated rings. The Bertz CT molecular complexity index is 2440. The van der Waals surface area contributed by atoms with Crippen LogP contribution in [0.5, 0.6) is 40.2 Å². The average Bonchev–Trinajstić information content (AvgIpc) is 3.53. The normalized spacial score (nSPS) is 34.6. The van der Waals surface area contributed by atoms with Gasteiger partial charge in [-0.2, -0.15) is 5.26 Å². The monoisotopic (exact) mass is 794 g/mol. The molecule has 3 saturated heterocycles. The number of benzene rings is 3. The number of phenols is 2. The first kappa shape index (κ1) is 35.3. The lowest BCUT2D eigenvalue weighted by molar-refractivity contribution is -0.190. The summed E-state index contributed by atoms with van der Waals surface area (Å²) in [6, 6.07) is 6.43. The number of carbonyl (C=O) groups excluding carboxylic acids is 2. The number of nitrogens with one attached hydrogen (secondary N) is 1. The molecule has 8 heterocycles. The lowest BCUT2D eigenvalue weighted by atomic mass is 9.70. The molecular formula is C42H42N4O10S. The maximum atomic E-state index is 15.0. The van der Waals surface area contributed by atoms with Gasteiger partial charge in [-0.25, -0.2) is 4.79 Å². The standard InChI is InChI=1S/C42H42N4O10S/c1-17-9-22-28(33(49)34(17)52-6)31-32-38-29-30(37-36(53-16-54-37)18(2)35(29)55-19(3)47)42(46(32)24(14-43)23-12-40(22,4)45(23)31)13-27(42)56-39(50)41(15-57-38)21-11-26(51-5)25(48)10-20(21)7-8-44-41/h9-11,23-24,27,31-32,38,44,48-49H,7-8,12-13,15-16H2,1-6H3/t23?,24-,27?,31?,32?,38+,40+,41+,42+/m0/s1. The molecule has 1 aliphatic carbocycles. The lowest BCUT2D eigenvalue weighted by Crippen LogP contribution is -2.76. The zero-order valence-electron chi connectivity index (χ0n) is 32.3. The molecule has 57 heavy (non-hydrogen) atoms. The Balaban J connectivity index is 1.21. The van der Waals surface area contributed by atoms with Crippen LogP contribution in [0.4, 0.5) is 0 Å². The summed E-state index contributed by atoms with van der Waals surface area (Å²) in [7, 11) is 3.03. The van der Waals surface area contributed by atoms with Crippen molar-refractivity contribution in [3.8, 4) is 46.3 Å². The van der Waals surface area contributed by atoms with E-state index in [1.54, 1.807) is 19.2 Å². The Morgan fingerprint density at radius 3 is 2.58 bits per heavy atom. The van der Waals surface area contributed by atoms with E-state index in [0.29, 0.717) is 65.5 Å². The molecule has 1 saturated carbocycles. The van der Waals surface area contributed by atoms with Gasteiger partial charge in [0, 0.05) is 65.5 Å². The van der Waals surface area contributed by atoms with Crippen LogP contribution >= 0.6 is 11.8 Å². The van der Waals surface area contributed by atoms with Crippen LogP contribution in [0.15, 0.2) is 18.2 Å². The fourth-order valence-corrected chi connectivity index (χ4v) is 13.7. The molecule has 9 aliphatic rings. The zero-order valence-corrected chi connectivity index (χ0v) is 33.2. The molecule has 8 aliphatic heterocycles. The Hall–Kier alpha value is -4.88. The zero-order chi connectivity index (χ0) is 39.7. The number of piperazine rings is 1. The van der Waals surface area contributed by atoms with E-state index in [1.807, 2.05) is 13.8 Å². The van der Waals surface area contributed by atoms with E-state index in [9.17, 15) is 20.3 Å². The van der Waals surface area contributed by atoms with Crippen LogP contribution in [-0.2, 0) is 37.4 Å². The third-order valence-corrected chi connectivity index (χ3v) is 15.7. The molecule has 2 spiro atoms. The predicted octanol–water partition coefficient (Wildman–Crippen LogP) is 4.36. The van der Waals surface area contributed by atoms with Gasteiger partial charge < -0.3 is 38.6 Å². The highest BCUT2D eigenvalue weighted by molar-refractivity contribution is 7.99. The van der Waals surface area contributed by atoms with E-state index in [1.165, 1.54) is 25.8 Å². The van der Waals surface area contributed by atoms with Gasteiger partial charge in [0.2, 0.25) is 6.79 Å². The molecule has 3 aromatic carbocycles. The van der Waals surface area contributed by atoms with E-state index in [-0.39, 0.29) is 35.8 Å².